The zero-order valence-corrected chi connectivity index (χ0v) is 17.0. The Kier molecular flexibility index (Phi) is 5.29. The van der Waals surface area contributed by atoms with Crippen molar-refractivity contribution in [2.45, 2.75) is 32.6 Å². The van der Waals surface area contributed by atoms with Gasteiger partial charge in [0, 0.05) is 38.4 Å². The lowest BCUT2D eigenvalue weighted by Crippen LogP contribution is -2.39. The third-order valence-corrected chi connectivity index (χ3v) is 5.31. The van der Waals surface area contributed by atoms with Crippen LogP contribution < -0.4 is 4.74 Å². The fraction of sp³-hybridized carbons (Fsp3) is 0.364. The molecule has 7 nitrogen and oxygen atoms in total. The molecule has 0 bridgehead atoms. The second kappa shape index (κ2) is 8.03. The fourth-order valence-electron chi connectivity index (χ4n) is 3.77. The standard InChI is InChI=1S/C22H25N5O2/c1-15-7-4-5-9-20(15)29-21-12-23-11-19(24-21)17-8-6-10-27(13-17)22(28)18-14-26(3)25-16(18)2/h4-5,7,9,11-12,14,17H,6,8,10,13H2,1-3H3/t17-/m0/s1. The summed E-state index contributed by atoms with van der Waals surface area (Å²) >= 11 is 0. The molecule has 29 heavy (non-hydrogen) atoms. The second-order valence-corrected chi connectivity index (χ2v) is 7.54. The molecule has 0 N–H and O–H groups in total. The van der Waals surface area contributed by atoms with Crippen molar-refractivity contribution < 1.29 is 9.53 Å². The smallest absolute Gasteiger partial charge is 0.257 e. The average molecular weight is 391 g/mol. The largest absolute Gasteiger partial charge is 0.437 e. The molecule has 0 aliphatic carbocycles. The van der Waals surface area contributed by atoms with Gasteiger partial charge in [-0.25, -0.2) is 4.98 Å². The molecule has 3 aromatic rings. The predicted octanol–water partition coefficient (Wildman–Crippen LogP) is 3.64. The van der Waals surface area contributed by atoms with Crippen molar-refractivity contribution in [3.05, 3.63) is 65.4 Å². The van der Waals surface area contributed by atoms with Crippen molar-refractivity contribution in [2.75, 3.05) is 13.1 Å². The summed E-state index contributed by atoms with van der Waals surface area (Å²) in [5.41, 5.74) is 3.32. The van der Waals surface area contributed by atoms with E-state index >= 15 is 0 Å². The lowest BCUT2D eigenvalue weighted by molar-refractivity contribution is 0.0705. The fourth-order valence-corrected chi connectivity index (χ4v) is 3.77. The average Bonchev–Trinajstić information content (AvgIpc) is 3.07. The van der Waals surface area contributed by atoms with Crippen LogP contribution in [0, 0.1) is 13.8 Å². The molecule has 7 heteroatoms. The Morgan fingerprint density at radius 1 is 1.21 bits per heavy atom. The van der Waals surface area contributed by atoms with Gasteiger partial charge in [0.1, 0.15) is 5.75 Å². The number of hydrogen-bond acceptors (Lipinski definition) is 5. The normalized spacial score (nSPS) is 16.7. The quantitative estimate of drug-likeness (QED) is 0.679. The van der Waals surface area contributed by atoms with E-state index in [2.05, 4.69) is 15.1 Å². The molecule has 1 aliphatic heterocycles. The van der Waals surface area contributed by atoms with E-state index in [1.807, 2.05) is 50.1 Å². The van der Waals surface area contributed by atoms with Gasteiger partial charge in [-0.15, -0.1) is 0 Å². The number of piperidine rings is 1. The Morgan fingerprint density at radius 3 is 2.79 bits per heavy atom. The van der Waals surface area contributed by atoms with Gasteiger partial charge in [-0.2, -0.15) is 5.10 Å². The molecule has 150 valence electrons. The number of benzene rings is 1. The number of aromatic nitrogens is 4. The maximum Gasteiger partial charge on any atom is 0.257 e. The minimum atomic E-state index is 0.0283. The van der Waals surface area contributed by atoms with Crippen molar-refractivity contribution in [2.24, 2.45) is 7.05 Å². The van der Waals surface area contributed by atoms with Crippen molar-refractivity contribution in [1.29, 1.82) is 0 Å². The summed E-state index contributed by atoms with van der Waals surface area (Å²) in [6, 6.07) is 7.82. The first kappa shape index (κ1) is 19.1. The highest BCUT2D eigenvalue weighted by molar-refractivity contribution is 5.95. The molecule has 0 radical (unpaired) electrons. The molecule has 1 saturated heterocycles. The van der Waals surface area contributed by atoms with Gasteiger partial charge >= 0.3 is 0 Å². The van der Waals surface area contributed by atoms with Crippen LogP contribution in [0.5, 0.6) is 11.6 Å². The number of carbonyl (C=O) groups is 1. The first-order chi connectivity index (χ1) is 14.0. The zero-order chi connectivity index (χ0) is 20.4. The highest BCUT2D eigenvalue weighted by atomic mass is 16.5. The van der Waals surface area contributed by atoms with Crippen LogP contribution in [0.25, 0.3) is 0 Å². The van der Waals surface area contributed by atoms with Gasteiger partial charge in [-0.1, -0.05) is 18.2 Å². The molecule has 3 heterocycles. The summed E-state index contributed by atoms with van der Waals surface area (Å²) in [6.07, 6.45) is 7.09. The number of hydrogen-bond donors (Lipinski definition) is 0. The Morgan fingerprint density at radius 2 is 2.03 bits per heavy atom. The molecule has 4 rings (SSSR count). The molecule has 1 aromatic carbocycles. The summed E-state index contributed by atoms with van der Waals surface area (Å²) < 4.78 is 7.62. The Balaban J connectivity index is 1.50. The van der Waals surface area contributed by atoms with Crippen LogP contribution in [0.3, 0.4) is 0 Å². The summed E-state index contributed by atoms with van der Waals surface area (Å²) in [7, 11) is 1.83. The Labute approximate surface area is 170 Å². The van der Waals surface area contributed by atoms with E-state index in [1.165, 1.54) is 0 Å². The number of nitrogens with zero attached hydrogens (tertiary/aromatic N) is 5. The van der Waals surface area contributed by atoms with E-state index in [1.54, 1.807) is 23.3 Å². The van der Waals surface area contributed by atoms with Gasteiger partial charge in [-0.3, -0.25) is 14.5 Å². The highest BCUT2D eigenvalue weighted by Gasteiger charge is 2.28. The van der Waals surface area contributed by atoms with E-state index in [-0.39, 0.29) is 11.8 Å². The number of carbonyl (C=O) groups excluding carboxylic acids is 1. The molecule has 1 aliphatic rings. The van der Waals surface area contributed by atoms with Crippen LogP contribution in [-0.4, -0.2) is 43.6 Å². The van der Waals surface area contributed by atoms with Crippen LogP contribution in [-0.2, 0) is 7.05 Å². The van der Waals surface area contributed by atoms with Crippen molar-refractivity contribution in [1.82, 2.24) is 24.6 Å². The summed E-state index contributed by atoms with van der Waals surface area (Å²) in [4.78, 5) is 23.9. The summed E-state index contributed by atoms with van der Waals surface area (Å²) in [5.74, 6) is 1.41. The van der Waals surface area contributed by atoms with Gasteiger partial charge in [0.05, 0.1) is 23.1 Å². The minimum Gasteiger partial charge on any atom is -0.437 e. The van der Waals surface area contributed by atoms with E-state index in [0.29, 0.717) is 18.0 Å². The Bertz CT molecular complexity index is 1030. The van der Waals surface area contributed by atoms with Gasteiger partial charge in [-0.05, 0) is 38.3 Å². The molecule has 1 amide bonds. The zero-order valence-electron chi connectivity index (χ0n) is 17.0. The van der Waals surface area contributed by atoms with Crippen molar-refractivity contribution >= 4 is 5.91 Å². The number of likely N-dealkylation sites (tertiary alicyclic amines) is 1. The van der Waals surface area contributed by atoms with Crippen LogP contribution in [0.4, 0.5) is 0 Å². The first-order valence-electron chi connectivity index (χ1n) is 9.86. The molecule has 0 saturated carbocycles. The highest BCUT2D eigenvalue weighted by Crippen LogP contribution is 2.29. The maximum absolute atomic E-state index is 13.0. The number of para-hydroxylation sites is 1. The van der Waals surface area contributed by atoms with Crippen molar-refractivity contribution in [3.8, 4) is 11.6 Å². The van der Waals surface area contributed by atoms with Gasteiger partial charge < -0.3 is 9.64 Å². The van der Waals surface area contributed by atoms with Gasteiger partial charge in [0.25, 0.3) is 5.91 Å². The van der Waals surface area contributed by atoms with Crippen LogP contribution >= 0.6 is 0 Å². The van der Waals surface area contributed by atoms with Crippen molar-refractivity contribution in [3.63, 3.8) is 0 Å². The monoisotopic (exact) mass is 391 g/mol. The van der Waals surface area contributed by atoms with Crippen LogP contribution in [0.2, 0.25) is 0 Å². The number of amides is 1. The topological polar surface area (TPSA) is 73.1 Å². The number of aryl methyl sites for hydroxylation is 3. The maximum atomic E-state index is 13.0. The molecule has 1 atom stereocenters. The van der Waals surface area contributed by atoms with E-state index in [9.17, 15) is 4.79 Å². The second-order valence-electron chi connectivity index (χ2n) is 7.54. The third-order valence-electron chi connectivity index (χ3n) is 5.31. The summed E-state index contributed by atoms with van der Waals surface area (Å²) in [5, 5.41) is 4.29. The minimum absolute atomic E-state index is 0.0283. The van der Waals surface area contributed by atoms with Gasteiger partial charge in [0.15, 0.2) is 0 Å². The number of rotatable bonds is 4. The molecule has 0 spiro atoms. The number of ether oxygens (including phenoxy) is 1. The lowest BCUT2D eigenvalue weighted by atomic mass is 9.94. The van der Waals surface area contributed by atoms with E-state index in [0.717, 1.165) is 42.1 Å². The SMILES string of the molecule is Cc1ccccc1Oc1cncc([C@H]2CCCN(C(=O)c3cn(C)nc3C)C2)n1. The van der Waals surface area contributed by atoms with Crippen LogP contribution in [0.1, 0.15) is 46.1 Å². The van der Waals surface area contributed by atoms with E-state index in [4.69, 9.17) is 4.74 Å². The van der Waals surface area contributed by atoms with Crippen LogP contribution in [0.15, 0.2) is 42.9 Å². The lowest BCUT2D eigenvalue weighted by Gasteiger charge is -2.32. The summed E-state index contributed by atoms with van der Waals surface area (Å²) in [6.45, 7) is 5.23. The molecular formula is C22H25N5O2. The van der Waals surface area contributed by atoms with Gasteiger partial charge in [0.2, 0.25) is 5.88 Å². The molecular weight excluding hydrogens is 366 g/mol. The van der Waals surface area contributed by atoms with E-state index < -0.39 is 0 Å². The Hall–Kier alpha value is -3.22. The molecule has 0 unspecified atom stereocenters. The molecule has 2 aromatic heterocycles. The predicted molar refractivity (Wildman–Crippen MR) is 109 cm³/mol. The molecule has 1 fully saturated rings. The third kappa shape index (κ3) is 4.13. The first-order valence-corrected chi connectivity index (χ1v) is 9.86.